The van der Waals surface area contributed by atoms with Crippen LogP contribution in [0.2, 0.25) is 0 Å². The summed E-state index contributed by atoms with van der Waals surface area (Å²) in [6.07, 6.45) is 2.96. The van der Waals surface area contributed by atoms with Gasteiger partial charge < -0.3 is 5.32 Å². The van der Waals surface area contributed by atoms with E-state index in [1.54, 1.807) is 0 Å². The molecule has 0 spiro atoms. The van der Waals surface area contributed by atoms with E-state index in [1.807, 2.05) is 6.07 Å². The molecule has 0 radical (unpaired) electrons. The first kappa shape index (κ1) is 8.04. The molecule has 1 aliphatic carbocycles. The van der Waals surface area contributed by atoms with Crippen LogP contribution in [0.1, 0.15) is 30.7 Å². The lowest BCUT2D eigenvalue weighted by Gasteiger charge is -2.23. The number of rotatable bonds is 0. The molecule has 0 unspecified atom stereocenters. The molecule has 1 aliphatic heterocycles. The predicted molar refractivity (Wildman–Crippen MR) is 55.5 cm³/mol. The van der Waals surface area contributed by atoms with E-state index >= 15 is 0 Å². The molecule has 1 aromatic carbocycles. The highest BCUT2D eigenvalue weighted by atomic mass is 16.1. The van der Waals surface area contributed by atoms with Gasteiger partial charge in [0.1, 0.15) is 0 Å². The van der Waals surface area contributed by atoms with Crippen molar-refractivity contribution in [1.29, 1.82) is 0 Å². The summed E-state index contributed by atoms with van der Waals surface area (Å²) in [4.78, 5) is 11.7. The maximum Gasteiger partial charge on any atom is 0.155 e. The minimum atomic E-state index is 0.0705. The Morgan fingerprint density at radius 2 is 2.14 bits per heavy atom. The summed E-state index contributed by atoms with van der Waals surface area (Å²) in [5.41, 5.74) is 2.50. The number of para-hydroxylation sites is 1. The third-order valence-electron chi connectivity index (χ3n) is 3.36. The van der Waals surface area contributed by atoms with Crippen LogP contribution in [0.3, 0.4) is 0 Å². The van der Waals surface area contributed by atoms with E-state index in [1.165, 1.54) is 5.56 Å². The SMILES string of the molecule is O=C1CCC[C@H]2c3ccccc3N[C@H]12. The van der Waals surface area contributed by atoms with E-state index in [4.69, 9.17) is 0 Å². The van der Waals surface area contributed by atoms with Gasteiger partial charge in [0.25, 0.3) is 0 Å². The second kappa shape index (κ2) is 2.84. The van der Waals surface area contributed by atoms with E-state index in [9.17, 15) is 4.79 Å². The number of hydrogen-bond acceptors (Lipinski definition) is 2. The number of carbonyl (C=O) groups is 1. The van der Waals surface area contributed by atoms with Gasteiger partial charge in [0.2, 0.25) is 0 Å². The summed E-state index contributed by atoms with van der Waals surface area (Å²) < 4.78 is 0. The number of ketones is 1. The zero-order chi connectivity index (χ0) is 9.54. The van der Waals surface area contributed by atoms with Crippen LogP contribution in [0, 0.1) is 0 Å². The van der Waals surface area contributed by atoms with Gasteiger partial charge in [-0.1, -0.05) is 18.2 Å². The van der Waals surface area contributed by atoms with Crippen LogP contribution in [0.5, 0.6) is 0 Å². The molecular weight excluding hydrogens is 174 g/mol. The molecule has 14 heavy (non-hydrogen) atoms. The lowest BCUT2D eigenvalue weighted by Crippen LogP contribution is -2.33. The average molecular weight is 187 g/mol. The first-order valence-corrected chi connectivity index (χ1v) is 5.24. The molecule has 1 heterocycles. The van der Waals surface area contributed by atoms with Crippen molar-refractivity contribution in [3.8, 4) is 0 Å². The third kappa shape index (κ3) is 0.999. The Labute approximate surface area is 83.3 Å². The van der Waals surface area contributed by atoms with E-state index < -0.39 is 0 Å². The molecule has 2 heteroatoms. The Kier molecular flexibility index (Phi) is 1.63. The van der Waals surface area contributed by atoms with Gasteiger partial charge >= 0.3 is 0 Å². The van der Waals surface area contributed by atoms with Crippen LogP contribution < -0.4 is 5.32 Å². The normalized spacial score (nSPS) is 29.3. The van der Waals surface area contributed by atoms with Crippen molar-refractivity contribution in [2.75, 3.05) is 5.32 Å². The highest BCUT2D eigenvalue weighted by Gasteiger charge is 2.38. The minimum absolute atomic E-state index is 0.0705. The van der Waals surface area contributed by atoms with Crippen molar-refractivity contribution >= 4 is 11.5 Å². The Balaban J connectivity index is 2.04. The molecule has 2 nitrogen and oxygen atoms in total. The lowest BCUT2D eigenvalue weighted by atomic mass is 9.82. The van der Waals surface area contributed by atoms with E-state index in [0.29, 0.717) is 11.7 Å². The summed E-state index contributed by atoms with van der Waals surface area (Å²) >= 11 is 0. The second-order valence-electron chi connectivity index (χ2n) is 4.17. The summed E-state index contributed by atoms with van der Waals surface area (Å²) in [7, 11) is 0. The van der Waals surface area contributed by atoms with Crippen LogP contribution in [0.4, 0.5) is 5.69 Å². The molecule has 72 valence electrons. The van der Waals surface area contributed by atoms with Gasteiger partial charge in [-0.15, -0.1) is 0 Å². The Hall–Kier alpha value is -1.31. The van der Waals surface area contributed by atoms with Crippen LogP contribution in [-0.4, -0.2) is 11.8 Å². The van der Waals surface area contributed by atoms with Crippen molar-refractivity contribution in [1.82, 2.24) is 0 Å². The van der Waals surface area contributed by atoms with Crippen LogP contribution >= 0.6 is 0 Å². The minimum Gasteiger partial charge on any atom is -0.375 e. The van der Waals surface area contributed by atoms with Gasteiger partial charge in [0.15, 0.2) is 5.78 Å². The number of benzene rings is 1. The quantitative estimate of drug-likeness (QED) is 0.675. The molecule has 2 atom stereocenters. The molecule has 1 N–H and O–H groups in total. The van der Waals surface area contributed by atoms with E-state index in [2.05, 4.69) is 23.5 Å². The zero-order valence-corrected chi connectivity index (χ0v) is 7.99. The fourth-order valence-corrected chi connectivity index (χ4v) is 2.68. The van der Waals surface area contributed by atoms with Crippen molar-refractivity contribution in [2.45, 2.75) is 31.2 Å². The smallest absolute Gasteiger partial charge is 0.155 e. The number of fused-ring (bicyclic) bond motifs is 3. The molecule has 1 saturated carbocycles. The molecular formula is C12H13NO. The summed E-state index contributed by atoms with van der Waals surface area (Å²) in [5.74, 6) is 0.824. The highest BCUT2D eigenvalue weighted by molar-refractivity contribution is 5.91. The fourth-order valence-electron chi connectivity index (χ4n) is 2.68. The molecule has 0 amide bonds. The molecule has 1 aromatic rings. The second-order valence-corrected chi connectivity index (χ2v) is 4.17. The number of hydrogen-bond donors (Lipinski definition) is 1. The van der Waals surface area contributed by atoms with E-state index in [0.717, 1.165) is 24.9 Å². The van der Waals surface area contributed by atoms with Crippen LogP contribution in [0.25, 0.3) is 0 Å². The Bertz CT molecular complexity index is 386. The summed E-state index contributed by atoms with van der Waals surface area (Å²) in [6.45, 7) is 0. The first-order valence-electron chi connectivity index (χ1n) is 5.24. The molecule has 0 aromatic heterocycles. The van der Waals surface area contributed by atoms with Gasteiger partial charge in [0, 0.05) is 18.0 Å². The highest BCUT2D eigenvalue weighted by Crippen LogP contribution is 2.41. The maximum absolute atomic E-state index is 11.7. The molecule has 1 fully saturated rings. The monoisotopic (exact) mass is 187 g/mol. The van der Waals surface area contributed by atoms with Gasteiger partial charge in [-0.25, -0.2) is 0 Å². The van der Waals surface area contributed by atoms with Gasteiger partial charge in [0.05, 0.1) is 6.04 Å². The Morgan fingerprint density at radius 3 is 3.07 bits per heavy atom. The summed E-state index contributed by atoms with van der Waals surface area (Å²) in [5, 5.41) is 3.34. The molecule has 2 aliphatic rings. The number of Topliss-reactive ketones (excluding diaryl/α,β-unsaturated/α-hetero) is 1. The van der Waals surface area contributed by atoms with Crippen molar-refractivity contribution in [3.63, 3.8) is 0 Å². The van der Waals surface area contributed by atoms with Crippen LogP contribution in [0.15, 0.2) is 24.3 Å². The maximum atomic E-state index is 11.7. The topological polar surface area (TPSA) is 29.1 Å². The molecule has 0 saturated heterocycles. The standard InChI is InChI=1S/C12H13NO/c14-11-7-3-5-9-8-4-1-2-6-10(8)13-12(9)11/h1-2,4,6,9,12-13H,3,5,7H2/t9-,12-/m0/s1. The van der Waals surface area contributed by atoms with Gasteiger partial charge in [-0.2, -0.15) is 0 Å². The van der Waals surface area contributed by atoms with Crippen molar-refractivity contribution < 1.29 is 4.79 Å². The fraction of sp³-hybridized carbons (Fsp3) is 0.417. The van der Waals surface area contributed by atoms with Gasteiger partial charge in [-0.3, -0.25) is 4.79 Å². The average Bonchev–Trinajstić information content (AvgIpc) is 2.59. The zero-order valence-electron chi connectivity index (χ0n) is 7.99. The van der Waals surface area contributed by atoms with Gasteiger partial charge in [-0.05, 0) is 24.5 Å². The molecule has 0 bridgehead atoms. The van der Waals surface area contributed by atoms with Crippen molar-refractivity contribution in [3.05, 3.63) is 29.8 Å². The number of nitrogens with one attached hydrogen (secondary N) is 1. The third-order valence-corrected chi connectivity index (χ3v) is 3.36. The lowest BCUT2D eigenvalue weighted by molar-refractivity contribution is -0.121. The summed E-state index contributed by atoms with van der Waals surface area (Å²) in [6, 6.07) is 8.36. The van der Waals surface area contributed by atoms with E-state index in [-0.39, 0.29) is 6.04 Å². The first-order chi connectivity index (χ1) is 6.86. The molecule has 3 rings (SSSR count). The number of carbonyl (C=O) groups excluding carboxylic acids is 1. The Morgan fingerprint density at radius 1 is 1.29 bits per heavy atom. The number of anilines is 1. The van der Waals surface area contributed by atoms with Crippen LogP contribution in [-0.2, 0) is 4.79 Å². The predicted octanol–water partition coefficient (Wildman–Crippen LogP) is 2.32. The van der Waals surface area contributed by atoms with Crippen molar-refractivity contribution in [2.24, 2.45) is 0 Å². The largest absolute Gasteiger partial charge is 0.375 e.